The number of nitrogens with one attached hydrogen (secondary N) is 1. The molecular weight excluding hydrogens is 196 g/mol. The minimum atomic E-state index is -2.27. The monoisotopic (exact) mass is 208 g/mol. The van der Waals surface area contributed by atoms with Crippen LogP contribution in [0.3, 0.4) is 0 Å². The molecule has 0 heterocycles. The Morgan fingerprint density at radius 1 is 1.36 bits per heavy atom. The first-order valence-corrected chi connectivity index (χ1v) is 3.62. The Bertz CT molecular complexity index is 232. The van der Waals surface area contributed by atoms with Gasteiger partial charge in [-0.2, -0.15) is 0 Å². The summed E-state index contributed by atoms with van der Waals surface area (Å²) in [6, 6.07) is -1.54. The molecule has 0 rings (SSSR count). The van der Waals surface area contributed by atoms with Crippen molar-refractivity contribution in [2.24, 2.45) is 5.73 Å². The average Bonchev–Trinajstić information content (AvgIpc) is 2.12. The van der Waals surface area contributed by atoms with Crippen molar-refractivity contribution >= 4 is 11.9 Å². The SMILES string of the molecule is N[C@](CO)(NC(CO)C(=O)O)C(=O)O. The summed E-state index contributed by atoms with van der Waals surface area (Å²) in [7, 11) is 0. The van der Waals surface area contributed by atoms with Crippen molar-refractivity contribution in [3.05, 3.63) is 0 Å². The Balaban J connectivity index is 4.58. The van der Waals surface area contributed by atoms with Crippen LogP contribution in [0.25, 0.3) is 0 Å². The number of aliphatic carboxylic acids is 2. The van der Waals surface area contributed by atoms with Crippen LogP contribution in [0.5, 0.6) is 0 Å². The van der Waals surface area contributed by atoms with Gasteiger partial charge in [0.2, 0.25) is 0 Å². The lowest BCUT2D eigenvalue weighted by molar-refractivity contribution is -0.149. The van der Waals surface area contributed by atoms with Crippen LogP contribution in [0.4, 0.5) is 0 Å². The third-order valence-electron chi connectivity index (χ3n) is 1.54. The van der Waals surface area contributed by atoms with Crippen molar-refractivity contribution in [2.75, 3.05) is 13.2 Å². The molecule has 0 spiro atoms. The van der Waals surface area contributed by atoms with E-state index in [0.29, 0.717) is 0 Å². The molecule has 0 aliphatic rings. The van der Waals surface area contributed by atoms with Gasteiger partial charge >= 0.3 is 11.9 Å². The fourth-order valence-electron chi connectivity index (χ4n) is 0.671. The second kappa shape index (κ2) is 4.86. The summed E-state index contributed by atoms with van der Waals surface area (Å²) in [4.78, 5) is 20.9. The molecule has 14 heavy (non-hydrogen) atoms. The highest BCUT2D eigenvalue weighted by Gasteiger charge is 2.37. The Hall–Kier alpha value is -1.22. The molecule has 1 unspecified atom stereocenters. The van der Waals surface area contributed by atoms with E-state index in [9.17, 15) is 9.59 Å². The molecule has 2 atom stereocenters. The van der Waals surface area contributed by atoms with Gasteiger partial charge in [0.15, 0.2) is 5.66 Å². The zero-order valence-corrected chi connectivity index (χ0v) is 7.17. The number of hydrogen-bond donors (Lipinski definition) is 6. The number of aliphatic hydroxyl groups excluding tert-OH is 2. The number of carbonyl (C=O) groups is 2. The van der Waals surface area contributed by atoms with E-state index in [1.807, 2.05) is 5.32 Å². The Morgan fingerprint density at radius 3 is 2.07 bits per heavy atom. The summed E-state index contributed by atoms with van der Waals surface area (Å²) < 4.78 is 0. The number of nitrogens with two attached hydrogens (primary N) is 1. The van der Waals surface area contributed by atoms with Crippen molar-refractivity contribution in [2.45, 2.75) is 11.7 Å². The van der Waals surface area contributed by atoms with Crippen LogP contribution >= 0.6 is 0 Å². The first kappa shape index (κ1) is 12.8. The number of hydrogen-bond acceptors (Lipinski definition) is 6. The van der Waals surface area contributed by atoms with Gasteiger partial charge < -0.3 is 26.2 Å². The quantitative estimate of drug-likeness (QED) is 0.249. The van der Waals surface area contributed by atoms with Gasteiger partial charge in [0.25, 0.3) is 0 Å². The van der Waals surface area contributed by atoms with Crippen LogP contribution in [-0.2, 0) is 9.59 Å². The highest BCUT2D eigenvalue weighted by Crippen LogP contribution is 1.97. The van der Waals surface area contributed by atoms with Crippen molar-refractivity contribution in [3.8, 4) is 0 Å². The average molecular weight is 208 g/mol. The van der Waals surface area contributed by atoms with E-state index in [0.717, 1.165) is 0 Å². The van der Waals surface area contributed by atoms with Gasteiger partial charge in [0.05, 0.1) is 13.2 Å². The minimum absolute atomic E-state index is 0.832. The smallest absolute Gasteiger partial charge is 0.341 e. The summed E-state index contributed by atoms with van der Waals surface area (Å²) in [5, 5.41) is 36.1. The van der Waals surface area contributed by atoms with E-state index in [1.165, 1.54) is 0 Å². The van der Waals surface area contributed by atoms with E-state index in [1.54, 1.807) is 0 Å². The van der Waals surface area contributed by atoms with Gasteiger partial charge in [-0.1, -0.05) is 0 Å². The van der Waals surface area contributed by atoms with Crippen molar-refractivity contribution in [3.63, 3.8) is 0 Å². The summed E-state index contributed by atoms with van der Waals surface area (Å²) in [5.41, 5.74) is 2.85. The number of rotatable bonds is 6. The summed E-state index contributed by atoms with van der Waals surface area (Å²) in [5.74, 6) is -3.07. The Kier molecular flexibility index (Phi) is 4.44. The summed E-state index contributed by atoms with van der Waals surface area (Å²) >= 11 is 0. The third kappa shape index (κ3) is 2.92. The molecule has 8 nitrogen and oxygen atoms in total. The normalized spacial score (nSPS) is 17.1. The maximum Gasteiger partial charge on any atom is 0.341 e. The van der Waals surface area contributed by atoms with Gasteiger partial charge in [0, 0.05) is 0 Å². The Labute approximate surface area is 79.0 Å². The molecular formula is C6H12N2O6. The first-order chi connectivity index (χ1) is 6.37. The Morgan fingerprint density at radius 2 is 1.86 bits per heavy atom. The highest BCUT2D eigenvalue weighted by atomic mass is 16.4. The molecule has 0 aromatic rings. The molecule has 0 aromatic carbocycles. The zero-order valence-electron chi connectivity index (χ0n) is 7.17. The lowest BCUT2D eigenvalue weighted by Crippen LogP contribution is -2.67. The molecule has 0 fully saturated rings. The lowest BCUT2D eigenvalue weighted by atomic mass is 10.1. The summed E-state index contributed by atoms with van der Waals surface area (Å²) in [6.07, 6.45) is 0. The molecule has 0 saturated carbocycles. The lowest BCUT2D eigenvalue weighted by Gasteiger charge is -2.26. The molecule has 0 aromatic heterocycles. The topological polar surface area (TPSA) is 153 Å². The molecule has 7 N–H and O–H groups in total. The molecule has 8 heteroatoms. The number of carboxylic acids is 2. The van der Waals surface area contributed by atoms with Crippen LogP contribution in [0.2, 0.25) is 0 Å². The van der Waals surface area contributed by atoms with Gasteiger partial charge in [0.1, 0.15) is 6.04 Å². The summed E-state index contributed by atoms with van der Waals surface area (Å²) in [6.45, 7) is -1.83. The molecule has 0 aliphatic carbocycles. The molecule has 0 amide bonds. The van der Waals surface area contributed by atoms with E-state index in [2.05, 4.69) is 0 Å². The fourth-order valence-corrected chi connectivity index (χ4v) is 0.671. The number of carboxylic acid groups (broad SMARTS) is 2. The largest absolute Gasteiger partial charge is 0.480 e. The van der Waals surface area contributed by atoms with Gasteiger partial charge in [-0.3, -0.25) is 10.1 Å². The van der Waals surface area contributed by atoms with Crippen molar-refractivity contribution < 1.29 is 30.0 Å². The maximum absolute atomic E-state index is 10.5. The third-order valence-corrected chi connectivity index (χ3v) is 1.54. The van der Waals surface area contributed by atoms with E-state index >= 15 is 0 Å². The highest BCUT2D eigenvalue weighted by molar-refractivity contribution is 5.80. The standard InChI is InChI=1S/C6H12N2O6/c7-6(2-10,5(13)14)8-3(1-9)4(11)12/h3,8-10H,1-2,7H2,(H,11,12)(H,13,14)/t3?,6-/m1/s1. The van der Waals surface area contributed by atoms with Crippen LogP contribution in [0.1, 0.15) is 0 Å². The zero-order chi connectivity index (χ0) is 11.4. The predicted octanol–water partition coefficient (Wildman–Crippen LogP) is -3.25. The van der Waals surface area contributed by atoms with E-state index < -0.39 is 36.9 Å². The van der Waals surface area contributed by atoms with Gasteiger partial charge in [-0.25, -0.2) is 4.79 Å². The number of aliphatic hydroxyl groups is 2. The van der Waals surface area contributed by atoms with Crippen LogP contribution in [0.15, 0.2) is 0 Å². The fraction of sp³-hybridized carbons (Fsp3) is 0.667. The second-order valence-electron chi connectivity index (χ2n) is 2.65. The van der Waals surface area contributed by atoms with Crippen LogP contribution in [0, 0.1) is 0 Å². The molecule has 0 radical (unpaired) electrons. The second-order valence-corrected chi connectivity index (χ2v) is 2.65. The first-order valence-electron chi connectivity index (χ1n) is 3.62. The van der Waals surface area contributed by atoms with Crippen LogP contribution < -0.4 is 11.1 Å². The molecule has 0 saturated heterocycles. The van der Waals surface area contributed by atoms with E-state index in [4.69, 9.17) is 26.2 Å². The minimum Gasteiger partial charge on any atom is -0.480 e. The van der Waals surface area contributed by atoms with Crippen LogP contribution in [-0.4, -0.2) is 57.3 Å². The maximum atomic E-state index is 10.5. The molecule has 82 valence electrons. The predicted molar refractivity (Wildman–Crippen MR) is 43.3 cm³/mol. The molecule has 0 aliphatic heterocycles. The van der Waals surface area contributed by atoms with Gasteiger partial charge in [-0.05, 0) is 0 Å². The van der Waals surface area contributed by atoms with Crippen molar-refractivity contribution in [1.82, 2.24) is 5.32 Å². The van der Waals surface area contributed by atoms with E-state index in [-0.39, 0.29) is 0 Å². The van der Waals surface area contributed by atoms with Gasteiger partial charge in [-0.15, -0.1) is 0 Å². The van der Waals surface area contributed by atoms with Crippen molar-refractivity contribution in [1.29, 1.82) is 0 Å². The molecule has 0 bridgehead atoms.